The largest absolute Gasteiger partial charge is 0.338 e. The molecule has 1 fully saturated rings. The van der Waals surface area contributed by atoms with E-state index in [1.54, 1.807) is 55.8 Å². The highest BCUT2D eigenvalue weighted by Gasteiger charge is 2.43. The minimum absolute atomic E-state index is 0.0142. The summed E-state index contributed by atoms with van der Waals surface area (Å²) >= 11 is 0. The van der Waals surface area contributed by atoms with Crippen molar-refractivity contribution in [1.82, 2.24) is 30.5 Å². The Hall–Kier alpha value is -4.08. The second kappa shape index (κ2) is 9.19. The molecule has 10 nitrogen and oxygen atoms in total. The molecule has 2 N–H and O–H groups in total. The third kappa shape index (κ3) is 4.19. The number of amides is 3. The van der Waals surface area contributed by atoms with Gasteiger partial charge >= 0.3 is 0 Å². The summed E-state index contributed by atoms with van der Waals surface area (Å²) in [6, 6.07) is 9.76. The van der Waals surface area contributed by atoms with E-state index < -0.39 is 23.8 Å². The van der Waals surface area contributed by atoms with Crippen LogP contribution in [0, 0.1) is 5.92 Å². The van der Waals surface area contributed by atoms with Gasteiger partial charge in [-0.05, 0) is 24.1 Å². The van der Waals surface area contributed by atoms with Gasteiger partial charge in [0.15, 0.2) is 5.69 Å². The standard InChI is InChI=1S/C23H24N6O4/c1-3-11-29-23(33)16-9-5-4-8-15(16)19(27-29)22(32)26-25-21(31)17-12-18(30)28(2)20(17)14-7-6-10-24-13-14/h4-10,13,17,20H,3,11-12H2,1-2H3,(H,25,31)(H,26,32)/t17-,20+/m0/s1. The summed E-state index contributed by atoms with van der Waals surface area (Å²) in [6.45, 7) is 2.27. The molecule has 1 saturated heterocycles. The van der Waals surface area contributed by atoms with Gasteiger partial charge in [0.2, 0.25) is 11.8 Å². The minimum Gasteiger partial charge on any atom is -0.338 e. The van der Waals surface area contributed by atoms with Crippen LogP contribution in [0.15, 0.2) is 53.6 Å². The molecule has 3 aromatic rings. The van der Waals surface area contributed by atoms with E-state index in [1.807, 2.05) is 6.92 Å². The number of hydrogen-bond donors (Lipinski definition) is 2. The zero-order valence-electron chi connectivity index (χ0n) is 18.3. The van der Waals surface area contributed by atoms with E-state index in [9.17, 15) is 19.2 Å². The van der Waals surface area contributed by atoms with E-state index in [0.717, 1.165) is 5.56 Å². The minimum atomic E-state index is -0.703. The molecule has 0 bridgehead atoms. The Labute approximate surface area is 189 Å². The highest BCUT2D eigenvalue weighted by molar-refractivity contribution is 6.05. The van der Waals surface area contributed by atoms with Gasteiger partial charge in [0, 0.05) is 37.8 Å². The van der Waals surface area contributed by atoms with Crippen molar-refractivity contribution >= 4 is 28.5 Å². The van der Waals surface area contributed by atoms with E-state index in [-0.39, 0.29) is 23.6 Å². The van der Waals surface area contributed by atoms with E-state index in [0.29, 0.717) is 23.7 Å². The number of nitrogens with zero attached hydrogens (tertiary/aromatic N) is 4. The predicted octanol–water partition coefficient (Wildman–Crippen LogP) is 1.18. The van der Waals surface area contributed by atoms with Crippen LogP contribution in [-0.4, -0.2) is 44.4 Å². The summed E-state index contributed by atoms with van der Waals surface area (Å²) < 4.78 is 1.25. The summed E-state index contributed by atoms with van der Waals surface area (Å²) in [4.78, 5) is 56.4. The molecule has 1 aromatic carbocycles. The van der Waals surface area contributed by atoms with Crippen molar-refractivity contribution in [1.29, 1.82) is 0 Å². The van der Waals surface area contributed by atoms with Crippen molar-refractivity contribution in [2.24, 2.45) is 5.92 Å². The van der Waals surface area contributed by atoms with E-state index in [1.165, 1.54) is 9.58 Å². The highest BCUT2D eigenvalue weighted by atomic mass is 16.2. The molecule has 0 unspecified atom stereocenters. The highest BCUT2D eigenvalue weighted by Crippen LogP contribution is 2.36. The lowest BCUT2D eigenvalue weighted by molar-refractivity contribution is -0.128. The second-order valence-corrected chi connectivity index (χ2v) is 7.91. The number of fused-ring (bicyclic) bond motifs is 1. The molecule has 2 atom stereocenters. The molecule has 1 aliphatic heterocycles. The Kier molecular flexibility index (Phi) is 6.16. The van der Waals surface area contributed by atoms with E-state index >= 15 is 0 Å². The topological polar surface area (TPSA) is 126 Å². The molecule has 10 heteroatoms. The van der Waals surface area contributed by atoms with Crippen LogP contribution in [0.3, 0.4) is 0 Å². The number of hydrogen-bond acceptors (Lipinski definition) is 6. The first-order valence-corrected chi connectivity index (χ1v) is 10.7. The van der Waals surface area contributed by atoms with Gasteiger partial charge in [-0.1, -0.05) is 31.2 Å². The quantitative estimate of drug-likeness (QED) is 0.565. The smallest absolute Gasteiger partial charge is 0.290 e. The first kappa shape index (κ1) is 22.1. The van der Waals surface area contributed by atoms with Crippen molar-refractivity contribution in [2.75, 3.05) is 7.05 Å². The van der Waals surface area contributed by atoms with Gasteiger partial charge in [-0.15, -0.1) is 0 Å². The van der Waals surface area contributed by atoms with Crippen molar-refractivity contribution in [3.05, 3.63) is 70.4 Å². The van der Waals surface area contributed by atoms with Crippen LogP contribution < -0.4 is 16.4 Å². The lowest BCUT2D eigenvalue weighted by Crippen LogP contribution is -2.46. The average Bonchev–Trinajstić information content (AvgIpc) is 3.14. The van der Waals surface area contributed by atoms with Crippen molar-refractivity contribution in [3.63, 3.8) is 0 Å². The van der Waals surface area contributed by atoms with Crippen LogP contribution in [-0.2, 0) is 16.1 Å². The molecular formula is C23H24N6O4. The molecule has 0 saturated carbocycles. The van der Waals surface area contributed by atoms with Crippen molar-refractivity contribution in [3.8, 4) is 0 Å². The Bertz CT molecular complexity index is 1270. The molecule has 0 aliphatic carbocycles. The first-order chi connectivity index (χ1) is 15.9. The number of aromatic nitrogens is 3. The lowest BCUT2D eigenvalue weighted by atomic mass is 9.94. The fourth-order valence-corrected chi connectivity index (χ4v) is 4.15. The van der Waals surface area contributed by atoms with E-state index in [4.69, 9.17) is 0 Å². The monoisotopic (exact) mass is 448 g/mol. The predicted molar refractivity (Wildman–Crippen MR) is 120 cm³/mol. The number of rotatable bonds is 5. The number of carbonyl (C=O) groups is 3. The molecule has 4 rings (SSSR count). The number of nitrogens with one attached hydrogen (secondary N) is 2. The fraction of sp³-hybridized carbons (Fsp3) is 0.304. The zero-order chi connectivity index (χ0) is 23.5. The van der Waals surface area contributed by atoms with Crippen molar-refractivity contribution < 1.29 is 14.4 Å². The fourth-order valence-electron chi connectivity index (χ4n) is 4.15. The molecule has 1 aliphatic rings. The molecule has 0 radical (unpaired) electrons. The van der Waals surface area contributed by atoms with Gasteiger partial charge in [-0.25, -0.2) is 4.68 Å². The first-order valence-electron chi connectivity index (χ1n) is 10.7. The molecule has 33 heavy (non-hydrogen) atoms. The van der Waals surface area contributed by atoms with E-state index in [2.05, 4.69) is 20.9 Å². The molecule has 170 valence electrons. The van der Waals surface area contributed by atoms with Gasteiger partial charge in [-0.3, -0.25) is 35.0 Å². The molecule has 2 aromatic heterocycles. The third-order valence-electron chi connectivity index (χ3n) is 5.77. The van der Waals surface area contributed by atoms with Crippen LogP contribution in [0.1, 0.15) is 41.9 Å². The van der Waals surface area contributed by atoms with Crippen LogP contribution in [0.4, 0.5) is 0 Å². The molecule has 3 amide bonds. The summed E-state index contributed by atoms with van der Waals surface area (Å²) in [5.74, 6) is -2.03. The van der Waals surface area contributed by atoms with Crippen LogP contribution in [0.5, 0.6) is 0 Å². The lowest BCUT2D eigenvalue weighted by Gasteiger charge is -2.24. The number of carbonyl (C=O) groups excluding carboxylic acids is 3. The van der Waals surface area contributed by atoms with Gasteiger partial charge in [0.05, 0.1) is 17.3 Å². The summed E-state index contributed by atoms with van der Waals surface area (Å²) in [6.07, 6.45) is 3.92. The number of aryl methyl sites for hydroxylation is 1. The maximum absolute atomic E-state index is 12.9. The van der Waals surface area contributed by atoms with Gasteiger partial charge in [0.25, 0.3) is 11.5 Å². The molecule has 0 spiro atoms. The molecular weight excluding hydrogens is 424 g/mol. The average molecular weight is 448 g/mol. The van der Waals surface area contributed by atoms with Gasteiger partial charge in [0.1, 0.15) is 0 Å². The van der Waals surface area contributed by atoms with Crippen molar-refractivity contribution in [2.45, 2.75) is 32.4 Å². The summed E-state index contributed by atoms with van der Waals surface area (Å²) in [7, 11) is 1.64. The van der Waals surface area contributed by atoms with Crippen LogP contribution in [0.25, 0.3) is 10.8 Å². The van der Waals surface area contributed by atoms with Gasteiger partial charge < -0.3 is 4.90 Å². The Morgan fingerprint density at radius 2 is 1.85 bits per heavy atom. The normalized spacial score (nSPS) is 17.9. The maximum atomic E-state index is 12.9. The van der Waals surface area contributed by atoms with Crippen LogP contribution >= 0.6 is 0 Å². The zero-order valence-corrected chi connectivity index (χ0v) is 18.3. The Morgan fingerprint density at radius 1 is 1.09 bits per heavy atom. The summed E-state index contributed by atoms with van der Waals surface area (Å²) in [5, 5.41) is 4.99. The SMILES string of the molecule is CCCn1nc(C(=O)NNC(=O)[C@H]2CC(=O)N(C)[C@@H]2c2cccnc2)c2ccccc2c1=O. The number of pyridine rings is 1. The maximum Gasteiger partial charge on any atom is 0.290 e. The third-order valence-corrected chi connectivity index (χ3v) is 5.77. The molecule has 3 heterocycles. The Morgan fingerprint density at radius 3 is 2.55 bits per heavy atom. The number of benzene rings is 1. The summed E-state index contributed by atoms with van der Waals surface area (Å²) in [5.41, 5.74) is 5.31. The number of hydrazine groups is 1. The number of likely N-dealkylation sites (tertiary alicyclic amines) is 1. The van der Waals surface area contributed by atoms with Gasteiger partial charge in [-0.2, -0.15) is 5.10 Å². The Balaban J connectivity index is 1.56. The second-order valence-electron chi connectivity index (χ2n) is 7.91. The van der Waals surface area contributed by atoms with Crippen LogP contribution in [0.2, 0.25) is 0 Å².